The lowest BCUT2D eigenvalue weighted by atomic mass is 10.1. The van der Waals surface area contributed by atoms with Gasteiger partial charge in [0, 0.05) is 26.1 Å². The fourth-order valence-electron chi connectivity index (χ4n) is 2.11. The summed E-state index contributed by atoms with van der Waals surface area (Å²) in [5, 5.41) is 9.78. The number of sulfonamides is 1. The molecule has 0 radical (unpaired) electrons. The summed E-state index contributed by atoms with van der Waals surface area (Å²) in [6.07, 6.45) is 0.759. The molecule has 0 amide bonds. The van der Waals surface area contributed by atoms with Crippen molar-refractivity contribution in [3.05, 3.63) is 18.2 Å². The molecule has 0 fully saturated rings. The fourth-order valence-corrected chi connectivity index (χ4v) is 3.46. The normalized spacial score (nSPS) is 15.9. The Morgan fingerprint density at radius 3 is 2.48 bits per heavy atom. The van der Waals surface area contributed by atoms with Crippen LogP contribution in [0, 0.1) is 0 Å². The van der Waals surface area contributed by atoms with Gasteiger partial charge in [0.05, 0.1) is 23.7 Å². The first-order valence-electron chi connectivity index (χ1n) is 6.78. The summed E-state index contributed by atoms with van der Waals surface area (Å²) in [6.45, 7) is 4.18. The molecule has 0 saturated heterocycles. The van der Waals surface area contributed by atoms with Crippen molar-refractivity contribution in [2.45, 2.75) is 30.8 Å². The van der Waals surface area contributed by atoms with Gasteiger partial charge in [0.25, 0.3) is 0 Å². The molecule has 1 aromatic rings. The van der Waals surface area contributed by atoms with E-state index in [1.54, 1.807) is 19.9 Å². The zero-order chi connectivity index (χ0) is 15.7. The number of benzene rings is 1. The van der Waals surface area contributed by atoms with E-state index in [2.05, 4.69) is 0 Å². The summed E-state index contributed by atoms with van der Waals surface area (Å²) in [6, 6.07) is 4.56. The van der Waals surface area contributed by atoms with Gasteiger partial charge in [0.1, 0.15) is 0 Å². The molecule has 2 rings (SSSR count). The zero-order valence-electron chi connectivity index (χ0n) is 12.5. The summed E-state index contributed by atoms with van der Waals surface area (Å²) in [7, 11) is -2.24. The number of nitrogens with zero attached hydrogens (tertiary/aromatic N) is 1. The minimum Gasteiger partial charge on any atom is -0.490 e. The molecule has 0 unspecified atom stereocenters. The molecule has 0 aromatic heterocycles. The van der Waals surface area contributed by atoms with Crippen molar-refractivity contribution in [2.75, 3.05) is 26.8 Å². The van der Waals surface area contributed by atoms with Crippen LogP contribution in [0.1, 0.15) is 20.3 Å². The maximum absolute atomic E-state index is 12.5. The zero-order valence-corrected chi connectivity index (χ0v) is 13.3. The molecule has 7 heteroatoms. The Morgan fingerprint density at radius 1 is 1.24 bits per heavy atom. The van der Waals surface area contributed by atoms with Crippen LogP contribution in [0.15, 0.2) is 23.1 Å². The predicted molar refractivity (Wildman–Crippen MR) is 78.2 cm³/mol. The second-order valence-corrected chi connectivity index (χ2v) is 7.78. The molecule has 6 nitrogen and oxygen atoms in total. The van der Waals surface area contributed by atoms with Gasteiger partial charge in [-0.15, -0.1) is 0 Å². The highest BCUT2D eigenvalue weighted by molar-refractivity contribution is 7.89. The van der Waals surface area contributed by atoms with Crippen LogP contribution in [-0.4, -0.2) is 50.2 Å². The maximum Gasteiger partial charge on any atom is 0.243 e. The molecule has 0 aliphatic carbocycles. The van der Waals surface area contributed by atoms with Crippen molar-refractivity contribution in [2.24, 2.45) is 0 Å². The average molecular weight is 315 g/mol. The molecular weight excluding hydrogens is 294 g/mol. The molecule has 1 N–H and O–H groups in total. The number of ether oxygens (including phenoxy) is 2. The smallest absolute Gasteiger partial charge is 0.243 e. The standard InChI is InChI=1S/C14H21NO5S/c1-14(2,16)10-15(3)21(17,18)11-5-6-12-13(9-11)20-8-4-7-19-12/h5-6,9,16H,4,7-8,10H2,1-3H3. The van der Waals surface area contributed by atoms with Gasteiger partial charge in [-0.25, -0.2) is 8.42 Å². The Balaban J connectivity index is 2.30. The van der Waals surface area contributed by atoms with Crippen LogP contribution >= 0.6 is 0 Å². The third-order valence-electron chi connectivity index (χ3n) is 3.04. The number of likely N-dealkylation sites (N-methyl/N-ethyl adjacent to an activating group) is 1. The van der Waals surface area contributed by atoms with Gasteiger partial charge in [-0.3, -0.25) is 0 Å². The fraction of sp³-hybridized carbons (Fsp3) is 0.571. The van der Waals surface area contributed by atoms with Crippen molar-refractivity contribution in [1.82, 2.24) is 4.31 Å². The van der Waals surface area contributed by atoms with Crippen LogP contribution < -0.4 is 9.47 Å². The summed E-state index contributed by atoms with van der Waals surface area (Å²) in [5.74, 6) is 0.988. The monoisotopic (exact) mass is 315 g/mol. The lowest BCUT2D eigenvalue weighted by Gasteiger charge is -2.25. The van der Waals surface area contributed by atoms with Crippen LogP contribution in [0.3, 0.4) is 0 Å². The molecule has 118 valence electrons. The SMILES string of the molecule is CN(CC(C)(C)O)S(=O)(=O)c1ccc2c(c1)OCCCO2. The van der Waals surface area contributed by atoms with Gasteiger partial charge in [-0.2, -0.15) is 4.31 Å². The van der Waals surface area contributed by atoms with Crippen molar-refractivity contribution < 1.29 is 23.0 Å². The number of aliphatic hydroxyl groups is 1. The molecule has 21 heavy (non-hydrogen) atoms. The summed E-state index contributed by atoms with van der Waals surface area (Å²) < 4.78 is 37.1. The topological polar surface area (TPSA) is 76.1 Å². The number of fused-ring (bicyclic) bond motifs is 1. The van der Waals surface area contributed by atoms with E-state index >= 15 is 0 Å². The van der Waals surface area contributed by atoms with Crippen LogP contribution in [0.25, 0.3) is 0 Å². The van der Waals surface area contributed by atoms with Crippen LogP contribution in [-0.2, 0) is 10.0 Å². The Bertz CT molecular complexity index is 606. The first kappa shape index (κ1) is 16.1. The van der Waals surface area contributed by atoms with Crippen molar-refractivity contribution in [1.29, 1.82) is 0 Å². The Kier molecular flexibility index (Phi) is 4.46. The second-order valence-electron chi connectivity index (χ2n) is 5.73. The van der Waals surface area contributed by atoms with Crippen LogP contribution in [0.4, 0.5) is 0 Å². The molecule has 0 spiro atoms. The molecule has 1 aliphatic rings. The van der Waals surface area contributed by atoms with Gasteiger partial charge >= 0.3 is 0 Å². The van der Waals surface area contributed by atoms with Gasteiger partial charge in [-0.05, 0) is 26.0 Å². The van der Waals surface area contributed by atoms with Crippen LogP contribution in [0.5, 0.6) is 11.5 Å². The van der Waals surface area contributed by atoms with E-state index in [0.29, 0.717) is 24.7 Å². The van der Waals surface area contributed by atoms with E-state index in [-0.39, 0.29) is 11.4 Å². The van der Waals surface area contributed by atoms with E-state index in [9.17, 15) is 13.5 Å². The minimum atomic E-state index is -3.68. The van der Waals surface area contributed by atoms with Gasteiger partial charge in [0.15, 0.2) is 11.5 Å². The molecule has 0 bridgehead atoms. The van der Waals surface area contributed by atoms with Crippen LogP contribution in [0.2, 0.25) is 0 Å². The molecule has 0 atom stereocenters. The van der Waals surface area contributed by atoms with E-state index in [1.807, 2.05) is 0 Å². The minimum absolute atomic E-state index is 0.00375. The highest BCUT2D eigenvalue weighted by Gasteiger charge is 2.27. The van der Waals surface area contributed by atoms with Crippen molar-refractivity contribution in [3.8, 4) is 11.5 Å². The third kappa shape index (κ3) is 3.87. The first-order chi connectivity index (χ1) is 9.70. The molecule has 1 aliphatic heterocycles. The Morgan fingerprint density at radius 2 is 1.86 bits per heavy atom. The van der Waals surface area contributed by atoms with E-state index in [1.165, 1.54) is 19.2 Å². The molecule has 1 aromatic carbocycles. The maximum atomic E-state index is 12.5. The predicted octanol–water partition coefficient (Wildman–Crippen LogP) is 1.24. The summed E-state index contributed by atoms with van der Waals surface area (Å²) in [4.78, 5) is 0.124. The second kappa shape index (κ2) is 5.82. The van der Waals surface area contributed by atoms with E-state index < -0.39 is 15.6 Å². The molecule has 1 heterocycles. The van der Waals surface area contributed by atoms with Gasteiger partial charge < -0.3 is 14.6 Å². The number of hydrogen-bond acceptors (Lipinski definition) is 5. The highest BCUT2D eigenvalue weighted by Crippen LogP contribution is 2.32. The molecular formula is C14H21NO5S. The van der Waals surface area contributed by atoms with Crippen molar-refractivity contribution >= 4 is 10.0 Å². The quantitative estimate of drug-likeness (QED) is 0.904. The van der Waals surface area contributed by atoms with E-state index in [4.69, 9.17) is 9.47 Å². The summed E-state index contributed by atoms with van der Waals surface area (Å²) >= 11 is 0. The van der Waals surface area contributed by atoms with Gasteiger partial charge in [0.2, 0.25) is 10.0 Å². The Labute approximate surface area is 125 Å². The molecule has 0 saturated carbocycles. The highest BCUT2D eigenvalue weighted by atomic mass is 32.2. The van der Waals surface area contributed by atoms with E-state index in [0.717, 1.165) is 10.7 Å². The lowest BCUT2D eigenvalue weighted by Crippen LogP contribution is -2.39. The number of rotatable bonds is 4. The lowest BCUT2D eigenvalue weighted by molar-refractivity contribution is 0.0640. The number of hydrogen-bond donors (Lipinski definition) is 1. The first-order valence-corrected chi connectivity index (χ1v) is 8.22. The average Bonchev–Trinajstić information content (AvgIpc) is 2.60. The largest absolute Gasteiger partial charge is 0.490 e. The van der Waals surface area contributed by atoms with Crippen molar-refractivity contribution in [3.63, 3.8) is 0 Å². The van der Waals surface area contributed by atoms with Gasteiger partial charge in [-0.1, -0.05) is 0 Å². The Hall–Kier alpha value is -1.31. The third-order valence-corrected chi connectivity index (χ3v) is 4.84. The summed E-state index contributed by atoms with van der Waals surface area (Å²) in [5.41, 5.74) is -1.10.